The van der Waals surface area contributed by atoms with Crippen LogP contribution in [-0.4, -0.2) is 0 Å². The average molecular weight is 249 g/mol. The number of halogens is 3. The van der Waals surface area contributed by atoms with Crippen molar-refractivity contribution in [1.82, 2.24) is 0 Å². The van der Waals surface area contributed by atoms with E-state index in [0.717, 1.165) is 12.1 Å². The standard InChI is InChI=1S/C10H11BrF2/c1-6(2)10(11)8-5-7(12)3-4-9(8)13/h3-6,10H,1-2H3. The highest BCUT2D eigenvalue weighted by molar-refractivity contribution is 9.09. The van der Waals surface area contributed by atoms with E-state index in [-0.39, 0.29) is 16.6 Å². The topological polar surface area (TPSA) is 0 Å². The Morgan fingerprint density at radius 1 is 1.23 bits per heavy atom. The first-order chi connectivity index (χ1) is 6.02. The first-order valence-corrected chi connectivity index (χ1v) is 5.03. The van der Waals surface area contributed by atoms with Crippen molar-refractivity contribution in [3.05, 3.63) is 35.4 Å². The van der Waals surface area contributed by atoms with Crippen LogP contribution in [-0.2, 0) is 0 Å². The molecule has 1 unspecified atom stereocenters. The van der Waals surface area contributed by atoms with Gasteiger partial charge in [0.05, 0.1) is 0 Å². The summed E-state index contributed by atoms with van der Waals surface area (Å²) in [5, 5.41) is 0. The van der Waals surface area contributed by atoms with Crippen LogP contribution in [0.2, 0.25) is 0 Å². The normalized spacial score (nSPS) is 13.4. The summed E-state index contributed by atoms with van der Waals surface area (Å²) in [7, 11) is 0. The van der Waals surface area contributed by atoms with Gasteiger partial charge in [-0.1, -0.05) is 29.8 Å². The lowest BCUT2D eigenvalue weighted by Gasteiger charge is -2.14. The van der Waals surface area contributed by atoms with Gasteiger partial charge in [-0.2, -0.15) is 0 Å². The van der Waals surface area contributed by atoms with Crippen molar-refractivity contribution in [2.75, 3.05) is 0 Å². The van der Waals surface area contributed by atoms with E-state index in [9.17, 15) is 8.78 Å². The molecule has 0 fully saturated rings. The largest absolute Gasteiger partial charge is 0.207 e. The van der Waals surface area contributed by atoms with E-state index in [0.29, 0.717) is 5.56 Å². The zero-order valence-electron chi connectivity index (χ0n) is 7.52. The van der Waals surface area contributed by atoms with Gasteiger partial charge in [-0.05, 0) is 24.1 Å². The molecule has 0 aromatic heterocycles. The van der Waals surface area contributed by atoms with Crippen molar-refractivity contribution in [2.24, 2.45) is 5.92 Å². The van der Waals surface area contributed by atoms with Gasteiger partial charge < -0.3 is 0 Å². The molecule has 0 aliphatic rings. The zero-order chi connectivity index (χ0) is 10.0. The molecule has 0 saturated heterocycles. The van der Waals surface area contributed by atoms with Gasteiger partial charge in [-0.25, -0.2) is 8.78 Å². The van der Waals surface area contributed by atoms with Crippen LogP contribution in [0.4, 0.5) is 8.78 Å². The molecule has 0 aliphatic heterocycles. The lowest BCUT2D eigenvalue weighted by molar-refractivity contribution is 0.556. The fourth-order valence-corrected chi connectivity index (χ4v) is 1.44. The predicted molar refractivity (Wildman–Crippen MR) is 52.9 cm³/mol. The van der Waals surface area contributed by atoms with E-state index < -0.39 is 5.82 Å². The van der Waals surface area contributed by atoms with Crippen molar-refractivity contribution in [1.29, 1.82) is 0 Å². The molecule has 1 aromatic rings. The minimum Gasteiger partial charge on any atom is -0.207 e. The number of hydrogen-bond donors (Lipinski definition) is 0. The van der Waals surface area contributed by atoms with Crippen LogP contribution in [0.3, 0.4) is 0 Å². The van der Waals surface area contributed by atoms with E-state index in [2.05, 4.69) is 15.9 Å². The Balaban J connectivity index is 3.05. The Morgan fingerprint density at radius 3 is 2.38 bits per heavy atom. The van der Waals surface area contributed by atoms with Crippen molar-refractivity contribution >= 4 is 15.9 Å². The molecular formula is C10H11BrF2. The van der Waals surface area contributed by atoms with Gasteiger partial charge in [0.1, 0.15) is 11.6 Å². The molecule has 1 aromatic carbocycles. The molecular weight excluding hydrogens is 238 g/mol. The van der Waals surface area contributed by atoms with Crippen LogP contribution in [0.25, 0.3) is 0 Å². The Bertz CT molecular complexity index is 297. The van der Waals surface area contributed by atoms with E-state index in [1.165, 1.54) is 6.07 Å². The van der Waals surface area contributed by atoms with E-state index in [4.69, 9.17) is 0 Å². The quantitative estimate of drug-likeness (QED) is 0.693. The van der Waals surface area contributed by atoms with Crippen molar-refractivity contribution in [3.8, 4) is 0 Å². The van der Waals surface area contributed by atoms with Crippen LogP contribution in [0.15, 0.2) is 18.2 Å². The van der Waals surface area contributed by atoms with Gasteiger partial charge in [0.15, 0.2) is 0 Å². The Kier molecular flexibility index (Phi) is 3.42. The summed E-state index contributed by atoms with van der Waals surface area (Å²) in [6.07, 6.45) is 0. The van der Waals surface area contributed by atoms with Gasteiger partial charge in [-0.15, -0.1) is 0 Å². The summed E-state index contributed by atoms with van der Waals surface area (Å²) in [5.74, 6) is -0.533. The fraction of sp³-hybridized carbons (Fsp3) is 0.400. The number of alkyl halides is 1. The van der Waals surface area contributed by atoms with Gasteiger partial charge in [0.2, 0.25) is 0 Å². The second-order valence-corrected chi connectivity index (χ2v) is 4.30. The lowest BCUT2D eigenvalue weighted by Crippen LogP contribution is -2.02. The number of hydrogen-bond acceptors (Lipinski definition) is 0. The maximum Gasteiger partial charge on any atom is 0.127 e. The lowest BCUT2D eigenvalue weighted by atomic mass is 10.0. The van der Waals surface area contributed by atoms with Crippen LogP contribution in [0.5, 0.6) is 0 Å². The second kappa shape index (κ2) is 4.18. The zero-order valence-corrected chi connectivity index (χ0v) is 9.11. The average Bonchev–Trinajstić information content (AvgIpc) is 2.08. The fourth-order valence-electron chi connectivity index (χ4n) is 1.09. The number of rotatable bonds is 2. The summed E-state index contributed by atoms with van der Waals surface area (Å²) in [4.78, 5) is -0.136. The SMILES string of the molecule is CC(C)C(Br)c1cc(F)ccc1F. The molecule has 13 heavy (non-hydrogen) atoms. The molecule has 1 rings (SSSR count). The van der Waals surface area contributed by atoms with E-state index >= 15 is 0 Å². The van der Waals surface area contributed by atoms with Crippen LogP contribution in [0, 0.1) is 17.6 Å². The highest BCUT2D eigenvalue weighted by Gasteiger charge is 2.16. The molecule has 72 valence electrons. The summed E-state index contributed by atoms with van der Waals surface area (Å²) in [5.41, 5.74) is 0.384. The third-order valence-corrected chi connectivity index (χ3v) is 3.39. The van der Waals surface area contributed by atoms with Crippen LogP contribution in [0.1, 0.15) is 24.2 Å². The van der Waals surface area contributed by atoms with Gasteiger partial charge in [-0.3, -0.25) is 0 Å². The molecule has 3 heteroatoms. The summed E-state index contributed by atoms with van der Waals surface area (Å²) >= 11 is 3.33. The van der Waals surface area contributed by atoms with Crippen molar-refractivity contribution in [2.45, 2.75) is 18.7 Å². The van der Waals surface area contributed by atoms with E-state index in [1.54, 1.807) is 0 Å². The molecule has 0 amide bonds. The van der Waals surface area contributed by atoms with Gasteiger partial charge in [0.25, 0.3) is 0 Å². The molecule has 0 N–H and O–H groups in total. The molecule has 0 aliphatic carbocycles. The first-order valence-electron chi connectivity index (χ1n) is 4.11. The first kappa shape index (κ1) is 10.6. The van der Waals surface area contributed by atoms with Crippen LogP contribution >= 0.6 is 15.9 Å². The molecule has 0 bridgehead atoms. The van der Waals surface area contributed by atoms with E-state index in [1.807, 2.05) is 13.8 Å². The molecule has 1 atom stereocenters. The number of benzene rings is 1. The molecule has 0 spiro atoms. The molecule has 0 nitrogen and oxygen atoms in total. The minimum atomic E-state index is -0.401. The highest BCUT2D eigenvalue weighted by Crippen LogP contribution is 2.32. The Hall–Kier alpha value is -0.440. The van der Waals surface area contributed by atoms with Crippen molar-refractivity contribution < 1.29 is 8.78 Å². The molecule has 0 saturated carbocycles. The van der Waals surface area contributed by atoms with Crippen molar-refractivity contribution in [3.63, 3.8) is 0 Å². The highest BCUT2D eigenvalue weighted by atomic mass is 79.9. The third-order valence-electron chi connectivity index (χ3n) is 1.84. The third kappa shape index (κ3) is 2.50. The maximum absolute atomic E-state index is 13.2. The van der Waals surface area contributed by atoms with Gasteiger partial charge in [0, 0.05) is 10.4 Å². The summed E-state index contributed by atoms with van der Waals surface area (Å²) < 4.78 is 26.0. The summed E-state index contributed by atoms with van der Waals surface area (Å²) in [6, 6.07) is 3.51. The molecule has 0 heterocycles. The predicted octanol–water partition coefficient (Wildman–Crippen LogP) is 4.06. The summed E-state index contributed by atoms with van der Waals surface area (Å²) in [6.45, 7) is 3.90. The maximum atomic E-state index is 13.2. The smallest absolute Gasteiger partial charge is 0.127 e. The Labute approximate surface area is 85.1 Å². The monoisotopic (exact) mass is 248 g/mol. The van der Waals surface area contributed by atoms with Crippen LogP contribution < -0.4 is 0 Å². The molecule has 0 radical (unpaired) electrons. The Morgan fingerprint density at radius 2 is 1.85 bits per heavy atom. The second-order valence-electron chi connectivity index (χ2n) is 3.31. The van der Waals surface area contributed by atoms with Gasteiger partial charge >= 0.3 is 0 Å². The minimum absolute atomic E-state index is 0.136.